The summed E-state index contributed by atoms with van der Waals surface area (Å²) in [5.41, 5.74) is 5.86. The lowest BCUT2D eigenvalue weighted by atomic mass is 10.1. The Morgan fingerprint density at radius 2 is 1.80 bits per heavy atom. The number of nitrogens with zero attached hydrogens (tertiary/aromatic N) is 2. The Hall–Kier alpha value is -2.13. The third-order valence-electron chi connectivity index (χ3n) is 5.38. The predicted molar refractivity (Wildman–Crippen MR) is 102 cm³/mol. The molecule has 0 fully saturated rings. The Labute approximate surface area is 148 Å². The number of hydrogen-bond donors (Lipinski definition) is 0. The van der Waals surface area contributed by atoms with Crippen LogP contribution < -0.4 is 0 Å². The molecule has 0 saturated heterocycles. The summed E-state index contributed by atoms with van der Waals surface area (Å²) < 4.78 is 17.4. The summed E-state index contributed by atoms with van der Waals surface area (Å²) in [6.07, 6.45) is 1.30. The SMILES string of the molecule is Cc1ccc2c(c1)c1c(n2C(F)Cc2ccccc2)CCN(C)CC1. The zero-order valence-corrected chi connectivity index (χ0v) is 15.0. The Kier molecular flexibility index (Phi) is 4.34. The molecule has 25 heavy (non-hydrogen) atoms. The average molecular weight is 336 g/mol. The Balaban J connectivity index is 1.82. The molecule has 0 bridgehead atoms. The molecule has 0 N–H and O–H groups in total. The Morgan fingerprint density at radius 1 is 1.04 bits per heavy atom. The van der Waals surface area contributed by atoms with Crippen LogP contribution in [0.2, 0.25) is 0 Å². The first-order valence-corrected chi connectivity index (χ1v) is 9.12. The van der Waals surface area contributed by atoms with E-state index in [2.05, 4.69) is 37.1 Å². The van der Waals surface area contributed by atoms with Gasteiger partial charge in [0.25, 0.3) is 0 Å². The lowest BCUT2D eigenvalue weighted by molar-refractivity contribution is 0.240. The summed E-state index contributed by atoms with van der Waals surface area (Å²) in [7, 11) is 2.15. The maximum atomic E-state index is 15.5. The number of halogens is 1. The molecule has 2 heterocycles. The fraction of sp³-hybridized carbons (Fsp3) is 0.364. The van der Waals surface area contributed by atoms with E-state index < -0.39 is 6.30 Å². The normalized spacial score (nSPS) is 16.6. The monoisotopic (exact) mass is 336 g/mol. The molecule has 0 amide bonds. The molecule has 3 aromatic rings. The van der Waals surface area contributed by atoms with E-state index in [9.17, 15) is 0 Å². The first-order chi connectivity index (χ1) is 12.1. The van der Waals surface area contributed by atoms with Crippen molar-refractivity contribution >= 4 is 10.9 Å². The average Bonchev–Trinajstić information content (AvgIpc) is 2.78. The van der Waals surface area contributed by atoms with E-state index in [0.717, 1.165) is 37.0 Å². The molecule has 1 aromatic heterocycles. The molecule has 130 valence electrons. The van der Waals surface area contributed by atoms with Crippen molar-refractivity contribution in [2.45, 2.75) is 32.5 Å². The zero-order chi connectivity index (χ0) is 17.4. The van der Waals surface area contributed by atoms with Gasteiger partial charge in [0.15, 0.2) is 6.30 Å². The van der Waals surface area contributed by atoms with Crippen LogP contribution in [0.1, 0.15) is 28.7 Å². The third kappa shape index (κ3) is 3.09. The highest BCUT2D eigenvalue weighted by atomic mass is 19.1. The van der Waals surface area contributed by atoms with Crippen LogP contribution in [0.15, 0.2) is 48.5 Å². The molecule has 0 spiro atoms. The van der Waals surface area contributed by atoms with E-state index in [4.69, 9.17) is 0 Å². The largest absolute Gasteiger partial charge is 0.313 e. The maximum absolute atomic E-state index is 15.5. The van der Waals surface area contributed by atoms with Gasteiger partial charge >= 0.3 is 0 Å². The van der Waals surface area contributed by atoms with Crippen LogP contribution in [0.4, 0.5) is 4.39 Å². The van der Waals surface area contributed by atoms with Gasteiger partial charge in [0.05, 0.1) is 5.52 Å². The van der Waals surface area contributed by atoms with Crippen LogP contribution in [-0.4, -0.2) is 29.6 Å². The molecule has 1 aliphatic rings. The van der Waals surface area contributed by atoms with E-state index in [1.54, 1.807) is 0 Å². The van der Waals surface area contributed by atoms with Crippen molar-refractivity contribution in [1.29, 1.82) is 0 Å². The minimum Gasteiger partial charge on any atom is -0.313 e. The molecule has 0 aliphatic carbocycles. The van der Waals surface area contributed by atoms with Crippen molar-refractivity contribution in [3.05, 3.63) is 70.9 Å². The quantitative estimate of drug-likeness (QED) is 0.673. The number of aromatic nitrogens is 1. The van der Waals surface area contributed by atoms with Gasteiger partial charge in [-0.05, 0) is 43.7 Å². The lowest BCUT2D eigenvalue weighted by Crippen LogP contribution is -2.21. The molecule has 1 unspecified atom stereocenters. The van der Waals surface area contributed by atoms with Gasteiger partial charge in [0.1, 0.15) is 0 Å². The minimum absolute atomic E-state index is 0.417. The number of aryl methyl sites for hydroxylation is 1. The summed E-state index contributed by atoms with van der Waals surface area (Å²) in [5.74, 6) is 0. The van der Waals surface area contributed by atoms with Crippen LogP contribution >= 0.6 is 0 Å². The van der Waals surface area contributed by atoms with Crippen LogP contribution in [0.5, 0.6) is 0 Å². The first kappa shape index (κ1) is 16.3. The van der Waals surface area contributed by atoms with Gasteiger partial charge in [0, 0.05) is 37.0 Å². The highest BCUT2D eigenvalue weighted by Crippen LogP contribution is 2.34. The van der Waals surface area contributed by atoms with Crippen molar-refractivity contribution in [2.24, 2.45) is 0 Å². The molecule has 2 nitrogen and oxygen atoms in total. The standard InChI is InChI=1S/C22H25FN2/c1-16-8-9-20-19(14-16)18-10-12-24(2)13-11-21(18)25(20)22(23)15-17-6-4-3-5-7-17/h3-9,14,22H,10-13,15H2,1-2H3. The van der Waals surface area contributed by atoms with E-state index in [0.29, 0.717) is 6.42 Å². The summed E-state index contributed by atoms with van der Waals surface area (Å²) in [6.45, 7) is 4.14. The van der Waals surface area contributed by atoms with Gasteiger partial charge in [-0.25, -0.2) is 4.39 Å². The molecule has 4 rings (SSSR count). The van der Waals surface area contributed by atoms with Crippen molar-refractivity contribution < 1.29 is 4.39 Å². The second-order valence-corrected chi connectivity index (χ2v) is 7.24. The molecule has 3 heteroatoms. The fourth-order valence-corrected chi connectivity index (χ4v) is 4.03. The van der Waals surface area contributed by atoms with Gasteiger partial charge in [0.2, 0.25) is 0 Å². The number of rotatable bonds is 3. The van der Waals surface area contributed by atoms with Crippen LogP contribution in [0.25, 0.3) is 10.9 Å². The molecular formula is C22H25FN2. The van der Waals surface area contributed by atoms with Gasteiger partial charge in [-0.15, -0.1) is 0 Å². The van der Waals surface area contributed by atoms with Crippen molar-refractivity contribution in [3.8, 4) is 0 Å². The highest BCUT2D eigenvalue weighted by molar-refractivity contribution is 5.86. The first-order valence-electron chi connectivity index (χ1n) is 9.12. The number of alkyl halides is 1. The van der Waals surface area contributed by atoms with Gasteiger partial charge in [-0.3, -0.25) is 0 Å². The Bertz CT molecular complexity index is 882. The summed E-state index contributed by atoms with van der Waals surface area (Å²) in [4.78, 5) is 2.34. The molecule has 2 aromatic carbocycles. The topological polar surface area (TPSA) is 8.17 Å². The van der Waals surface area contributed by atoms with Gasteiger partial charge in [-0.1, -0.05) is 42.0 Å². The predicted octanol–water partition coefficient (Wildman–Crippen LogP) is 4.69. The molecule has 0 radical (unpaired) electrons. The minimum atomic E-state index is -1.03. The van der Waals surface area contributed by atoms with Crippen molar-refractivity contribution in [1.82, 2.24) is 9.47 Å². The number of benzene rings is 2. The van der Waals surface area contributed by atoms with Crippen molar-refractivity contribution in [2.75, 3.05) is 20.1 Å². The number of likely N-dealkylation sites (N-methyl/N-ethyl adjacent to an activating group) is 1. The smallest absolute Gasteiger partial charge is 0.180 e. The number of hydrogen-bond acceptors (Lipinski definition) is 1. The summed E-state index contributed by atoms with van der Waals surface area (Å²) >= 11 is 0. The number of fused-ring (bicyclic) bond motifs is 3. The fourth-order valence-electron chi connectivity index (χ4n) is 4.03. The van der Waals surface area contributed by atoms with E-state index >= 15 is 4.39 Å². The van der Waals surface area contributed by atoms with Crippen LogP contribution in [0.3, 0.4) is 0 Å². The zero-order valence-electron chi connectivity index (χ0n) is 15.0. The van der Waals surface area contributed by atoms with Gasteiger partial charge in [-0.2, -0.15) is 0 Å². The third-order valence-corrected chi connectivity index (χ3v) is 5.38. The molecule has 0 saturated carbocycles. The Morgan fingerprint density at radius 3 is 2.60 bits per heavy atom. The van der Waals surface area contributed by atoms with Crippen molar-refractivity contribution in [3.63, 3.8) is 0 Å². The summed E-state index contributed by atoms with van der Waals surface area (Å²) in [6, 6.07) is 16.4. The maximum Gasteiger partial charge on any atom is 0.180 e. The van der Waals surface area contributed by atoms with E-state index in [1.165, 1.54) is 22.2 Å². The summed E-state index contributed by atoms with van der Waals surface area (Å²) in [5, 5.41) is 1.24. The second-order valence-electron chi connectivity index (χ2n) is 7.24. The molecular weight excluding hydrogens is 311 g/mol. The molecule has 1 aliphatic heterocycles. The van der Waals surface area contributed by atoms with Crippen LogP contribution in [0, 0.1) is 6.92 Å². The molecule has 1 atom stereocenters. The lowest BCUT2D eigenvalue weighted by Gasteiger charge is -2.17. The second kappa shape index (κ2) is 6.64. The van der Waals surface area contributed by atoms with Gasteiger partial charge < -0.3 is 9.47 Å². The van der Waals surface area contributed by atoms with Crippen LogP contribution in [-0.2, 0) is 19.3 Å². The van der Waals surface area contributed by atoms with E-state index in [1.807, 2.05) is 34.9 Å². The highest BCUT2D eigenvalue weighted by Gasteiger charge is 2.24. The van der Waals surface area contributed by atoms with E-state index in [-0.39, 0.29) is 0 Å².